The molecule has 0 spiro atoms. The van der Waals surface area contributed by atoms with Crippen LogP contribution in [0.2, 0.25) is 0 Å². The Hall–Kier alpha value is -2.13. The number of aliphatic hydroxyl groups is 1. The predicted octanol–water partition coefficient (Wildman–Crippen LogP) is 2.85. The highest BCUT2D eigenvalue weighted by Crippen LogP contribution is 2.19. The van der Waals surface area contributed by atoms with E-state index in [1.54, 1.807) is 0 Å². The molecule has 2 rings (SSSR count). The zero-order valence-corrected chi connectivity index (χ0v) is 11.5. The van der Waals surface area contributed by atoms with Crippen LogP contribution in [0.25, 0.3) is 11.1 Å². The molecule has 0 unspecified atom stereocenters. The number of nitrogens with one attached hydrogen (secondary N) is 1. The number of amides is 1. The van der Waals surface area contributed by atoms with Crippen LogP contribution in [0.5, 0.6) is 0 Å². The minimum absolute atomic E-state index is 0.0374. The van der Waals surface area contributed by atoms with Crippen LogP contribution in [0.15, 0.2) is 54.6 Å². The summed E-state index contributed by atoms with van der Waals surface area (Å²) >= 11 is 0. The largest absolute Gasteiger partial charge is 0.394 e. The number of benzene rings is 2. The summed E-state index contributed by atoms with van der Waals surface area (Å²) in [5.74, 6) is -0.148. The molecule has 0 saturated heterocycles. The smallest absolute Gasteiger partial charge is 0.251 e. The Morgan fingerprint density at radius 1 is 1.05 bits per heavy atom. The predicted molar refractivity (Wildman–Crippen MR) is 80.5 cm³/mol. The maximum atomic E-state index is 12.0. The molecule has 104 valence electrons. The molecule has 0 saturated carbocycles. The first-order chi connectivity index (χ1) is 9.74. The first kappa shape index (κ1) is 14.3. The first-order valence-electron chi connectivity index (χ1n) is 6.81. The van der Waals surface area contributed by atoms with Crippen molar-refractivity contribution in [2.75, 3.05) is 6.61 Å². The van der Waals surface area contributed by atoms with Crippen molar-refractivity contribution < 1.29 is 9.90 Å². The van der Waals surface area contributed by atoms with E-state index in [4.69, 9.17) is 5.11 Å². The average molecular weight is 269 g/mol. The van der Waals surface area contributed by atoms with Gasteiger partial charge in [-0.25, -0.2) is 0 Å². The molecule has 0 aliphatic carbocycles. The first-order valence-corrected chi connectivity index (χ1v) is 6.81. The van der Waals surface area contributed by atoms with Crippen LogP contribution in [-0.4, -0.2) is 23.7 Å². The Balaban J connectivity index is 2.10. The van der Waals surface area contributed by atoms with E-state index in [0.29, 0.717) is 12.0 Å². The van der Waals surface area contributed by atoms with E-state index >= 15 is 0 Å². The van der Waals surface area contributed by atoms with E-state index < -0.39 is 0 Å². The van der Waals surface area contributed by atoms with Gasteiger partial charge in [0.05, 0.1) is 12.6 Å². The minimum atomic E-state index is -0.184. The molecule has 3 heteroatoms. The van der Waals surface area contributed by atoms with Crippen LogP contribution < -0.4 is 5.32 Å². The van der Waals surface area contributed by atoms with E-state index in [1.165, 1.54) is 0 Å². The lowest BCUT2D eigenvalue weighted by atomic mass is 10.0. The summed E-state index contributed by atoms with van der Waals surface area (Å²) in [5, 5.41) is 11.9. The summed E-state index contributed by atoms with van der Waals surface area (Å²) in [5.41, 5.74) is 2.81. The molecular formula is C17H19NO2. The normalized spacial score (nSPS) is 11.9. The van der Waals surface area contributed by atoms with Gasteiger partial charge < -0.3 is 10.4 Å². The Morgan fingerprint density at radius 2 is 1.65 bits per heavy atom. The molecule has 0 heterocycles. The van der Waals surface area contributed by atoms with Gasteiger partial charge in [-0.05, 0) is 29.7 Å². The molecule has 2 aromatic carbocycles. The Morgan fingerprint density at radius 3 is 2.20 bits per heavy atom. The third-order valence-corrected chi connectivity index (χ3v) is 3.30. The summed E-state index contributed by atoms with van der Waals surface area (Å²) < 4.78 is 0. The van der Waals surface area contributed by atoms with Crippen molar-refractivity contribution in [1.82, 2.24) is 5.32 Å². The van der Waals surface area contributed by atoms with Gasteiger partial charge in [-0.2, -0.15) is 0 Å². The molecule has 0 fully saturated rings. The molecule has 2 aromatic rings. The van der Waals surface area contributed by atoms with E-state index in [2.05, 4.69) is 5.32 Å². The Kier molecular flexibility index (Phi) is 4.91. The fourth-order valence-electron chi connectivity index (χ4n) is 1.99. The van der Waals surface area contributed by atoms with Crippen LogP contribution in [0.4, 0.5) is 0 Å². The number of carbonyl (C=O) groups excluding carboxylic acids is 1. The summed E-state index contributed by atoms with van der Waals surface area (Å²) in [7, 11) is 0. The summed E-state index contributed by atoms with van der Waals surface area (Å²) in [6.45, 7) is 1.89. The Labute approximate surface area is 119 Å². The van der Waals surface area contributed by atoms with Crippen LogP contribution in [0, 0.1) is 0 Å². The molecule has 1 atom stereocenters. The topological polar surface area (TPSA) is 49.3 Å². The van der Waals surface area contributed by atoms with Crippen molar-refractivity contribution >= 4 is 5.91 Å². The van der Waals surface area contributed by atoms with Crippen LogP contribution in [0.3, 0.4) is 0 Å². The fourth-order valence-corrected chi connectivity index (χ4v) is 1.99. The lowest BCUT2D eigenvalue weighted by Gasteiger charge is -2.14. The average Bonchev–Trinajstić information content (AvgIpc) is 2.53. The molecule has 0 aliphatic rings. The second kappa shape index (κ2) is 6.87. The second-order valence-electron chi connectivity index (χ2n) is 4.70. The van der Waals surface area contributed by atoms with Crippen molar-refractivity contribution in [3.8, 4) is 11.1 Å². The lowest BCUT2D eigenvalue weighted by molar-refractivity contribution is 0.0915. The molecule has 2 N–H and O–H groups in total. The van der Waals surface area contributed by atoms with Gasteiger partial charge in [0.1, 0.15) is 0 Å². The van der Waals surface area contributed by atoms with Crippen molar-refractivity contribution in [1.29, 1.82) is 0 Å². The second-order valence-corrected chi connectivity index (χ2v) is 4.70. The van der Waals surface area contributed by atoms with Crippen LogP contribution >= 0.6 is 0 Å². The summed E-state index contributed by atoms with van der Waals surface area (Å²) in [6, 6.07) is 17.3. The summed E-state index contributed by atoms with van der Waals surface area (Å²) in [6.07, 6.45) is 0.713. The monoisotopic (exact) mass is 269 g/mol. The zero-order chi connectivity index (χ0) is 14.4. The summed E-state index contributed by atoms with van der Waals surface area (Å²) in [4.78, 5) is 12.0. The number of carbonyl (C=O) groups is 1. The third kappa shape index (κ3) is 3.45. The number of rotatable bonds is 5. The minimum Gasteiger partial charge on any atom is -0.394 e. The van der Waals surface area contributed by atoms with Crippen molar-refractivity contribution in [2.24, 2.45) is 0 Å². The highest BCUT2D eigenvalue weighted by molar-refractivity contribution is 5.94. The molecule has 20 heavy (non-hydrogen) atoms. The van der Waals surface area contributed by atoms with E-state index in [9.17, 15) is 4.79 Å². The number of hydrogen-bond acceptors (Lipinski definition) is 2. The van der Waals surface area contributed by atoms with Gasteiger partial charge in [-0.1, -0.05) is 49.4 Å². The maximum Gasteiger partial charge on any atom is 0.251 e. The third-order valence-electron chi connectivity index (χ3n) is 3.30. The number of hydrogen-bond donors (Lipinski definition) is 2. The van der Waals surface area contributed by atoms with Gasteiger partial charge in [0, 0.05) is 5.56 Å². The molecule has 0 bridgehead atoms. The zero-order valence-electron chi connectivity index (χ0n) is 11.5. The highest BCUT2D eigenvalue weighted by atomic mass is 16.3. The molecule has 0 aliphatic heterocycles. The van der Waals surface area contributed by atoms with E-state index in [1.807, 2.05) is 61.5 Å². The lowest BCUT2D eigenvalue weighted by Crippen LogP contribution is -2.36. The molecule has 0 aromatic heterocycles. The van der Waals surface area contributed by atoms with Crippen molar-refractivity contribution in [2.45, 2.75) is 19.4 Å². The Bertz CT molecular complexity index is 545. The van der Waals surface area contributed by atoms with Gasteiger partial charge in [0.25, 0.3) is 5.91 Å². The van der Waals surface area contributed by atoms with E-state index in [-0.39, 0.29) is 18.6 Å². The molecule has 0 radical (unpaired) electrons. The molecule has 1 amide bonds. The van der Waals surface area contributed by atoms with Gasteiger partial charge in [-0.3, -0.25) is 4.79 Å². The quantitative estimate of drug-likeness (QED) is 0.877. The van der Waals surface area contributed by atoms with Crippen LogP contribution in [-0.2, 0) is 0 Å². The van der Waals surface area contributed by atoms with Crippen LogP contribution in [0.1, 0.15) is 23.7 Å². The van der Waals surface area contributed by atoms with Gasteiger partial charge in [0.15, 0.2) is 0 Å². The number of aliphatic hydroxyl groups excluding tert-OH is 1. The van der Waals surface area contributed by atoms with Gasteiger partial charge in [-0.15, -0.1) is 0 Å². The van der Waals surface area contributed by atoms with Crippen molar-refractivity contribution in [3.63, 3.8) is 0 Å². The maximum absolute atomic E-state index is 12.0. The van der Waals surface area contributed by atoms with Gasteiger partial charge in [0.2, 0.25) is 0 Å². The molecular weight excluding hydrogens is 250 g/mol. The van der Waals surface area contributed by atoms with Gasteiger partial charge >= 0.3 is 0 Å². The SMILES string of the molecule is CC[C@H](CO)NC(=O)c1ccc(-c2ccccc2)cc1. The fraction of sp³-hybridized carbons (Fsp3) is 0.235. The van der Waals surface area contributed by atoms with Crippen molar-refractivity contribution in [3.05, 3.63) is 60.2 Å². The standard InChI is InChI=1S/C17H19NO2/c1-2-16(12-19)18-17(20)15-10-8-14(9-11-15)13-6-4-3-5-7-13/h3-11,16,19H,2,12H2,1H3,(H,18,20)/t16-/m1/s1. The molecule has 3 nitrogen and oxygen atoms in total. The highest BCUT2D eigenvalue weighted by Gasteiger charge is 2.11. The van der Waals surface area contributed by atoms with E-state index in [0.717, 1.165) is 11.1 Å².